The van der Waals surface area contributed by atoms with Gasteiger partial charge in [-0.2, -0.15) is 0 Å². The first-order chi connectivity index (χ1) is 7.54. The van der Waals surface area contributed by atoms with Gasteiger partial charge in [0, 0.05) is 10.6 Å². The van der Waals surface area contributed by atoms with Gasteiger partial charge in [0.25, 0.3) is 0 Å². The van der Waals surface area contributed by atoms with Gasteiger partial charge in [0.2, 0.25) is 0 Å². The van der Waals surface area contributed by atoms with Gasteiger partial charge in [-0.15, -0.1) is 0 Å². The van der Waals surface area contributed by atoms with Crippen LogP contribution in [0.2, 0.25) is 15.1 Å². The van der Waals surface area contributed by atoms with Crippen LogP contribution >= 0.6 is 34.8 Å². The Morgan fingerprint density at radius 1 is 1.38 bits per heavy atom. The Labute approximate surface area is 108 Å². The Morgan fingerprint density at radius 3 is 2.69 bits per heavy atom. The van der Waals surface area contributed by atoms with Crippen molar-refractivity contribution < 1.29 is 9.53 Å². The number of hydrogen-bond donors (Lipinski definition) is 0. The van der Waals surface area contributed by atoms with E-state index in [1.807, 2.05) is 0 Å². The van der Waals surface area contributed by atoms with Crippen LogP contribution in [0.1, 0.15) is 12.0 Å². The normalized spacial score (nSPS) is 9.25. The van der Waals surface area contributed by atoms with Crippen molar-refractivity contribution >= 4 is 40.8 Å². The topological polar surface area (TPSA) is 26.3 Å². The SMILES string of the molecule is COC(=O)CC#Cc1cc(Cl)cc(Cl)c1Cl. The van der Waals surface area contributed by atoms with E-state index in [0.29, 0.717) is 20.6 Å². The molecule has 0 spiro atoms. The predicted octanol–water partition coefficient (Wildman–Crippen LogP) is 3.56. The molecule has 0 heterocycles. The number of benzene rings is 1. The maximum Gasteiger partial charge on any atom is 0.317 e. The predicted molar refractivity (Wildman–Crippen MR) is 65.0 cm³/mol. The molecule has 16 heavy (non-hydrogen) atoms. The molecule has 0 fully saturated rings. The minimum atomic E-state index is -0.406. The van der Waals surface area contributed by atoms with Crippen LogP contribution in [0, 0.1) is 11.8 Å². The van der Waals surface area contributed by atoms with Gasteiger partial charge in [-0.3, -0.25) is 4.79 Å². The lowest BCUT2D eigenvalue weighted by Gasteiger charge is -1.99. The zero-order valence-corrected chi connectivity index (χ0v) is 10.6. The van der Waals surface area contributed by atoms with Crippen LogP contribution in [-0.2, 0) is 9.53 Å². The van der Waals surface area contributed by atoms with E-state index in [9.17, 15) is 4.79 Å². The second-order valence-corrected chi connectivity index (χ2v) is 4.03. The number of carbonyl (C=O) groups excluding carboxylic acids is 1. The molecule has 84 valence electrons. The Bertz CT molecular complexity index is 472. The maximum absolute atomic E-state index is 10.8. The van der Waals surface area contributed by atoms with Crippen molar-refractivity contribution in [3.63, 3.8) is 0 Å². The zero-order valence-electron chi connectivity index (χ0n) is 8.31. The number of carbonyl (C=O) groups is 1. The molecule has 0 atom stereocenters. The summed E-state index contributed by atoms with van der Waals surface area (Å²) in [5, 5.41) is 1.09. The van der Waals surface area contributed by atoms with E-state index in [0.717, 1.165) is 0 Å². The highest BCUT2D eigenvalue weighted by atomic mass is 35.5. The van der Waals surface area contributed by atoms with E-state index < -0.39 is 5.97 Å². The standard InChI is InChI=1S/C11H7Cl3O2/c1-16-10(15)4-2-3-7-5-8(12)6-9(13)11(7)14/h5-6H,4H2,1H3. The monoisotopic (exact) mass is 276 g/mol. The number of ether oxygens (including phenoxy) is 1. The largest absolute Gasteiger partial charge is 0.468 e. The van der Waals surface area contributed by atoms with Crippen molar-refractivity contribution in [2.75, 3.05) is 7.11 Å². The first kappa shape index (κ1) is 13.2. The lowest BCUT2D eigenvalue weighted by Crippen LogP contribution is -1.97. The number of methoxy groups -OCH3 is 1. The summed E-state index contributed by atoms with van der Waals surface area (Å²) in [6.07, 6.45) is -0.00301. The molecule has 2 nitrogen and oxygen atoms in total. The molecule has 0 amide bonds. The Hall–Kier alpha value is -0.880. The molecule has 0 aliphatic heterocycles. The summed E-state index contributed by atoms with van der Waals surface area (Å²) in [5.41, 5.74) is 0.489. The third kappa shape index (κ3) is 3.61. The minimum Gasteiger partial charge on any atom is -0.468 e. The van der Waals surface area contributed by atoms with E-state index in [2.05, 4.69) is 16.6 Å². The van der Waals surface area contributed by atoms with E-state index in [1.54, 1.807) is 6.07 Å². The van der Waals surface area contributed by atoms with Gasteiger partial charge in [0.05, 0.1) is 17.2 Å². The third-order valence-corrected chi connectivity index (χ3v) is 2.70. The van der Waals surface area contributed by atoms with Crippen LogP contribution in [0.3, 0.4) is 0 Å². The van der Waals surface area contributed by atoms with Gasteiger partial charge < -0.3 is 4.74 Å². The molecule has 0 aromatic heterocycles. The van der Waals surface area contributed by atoms with Gasteiger partial charge in [0.15, 0.2) is 0 Å². The molecule has 0 saturated carbocycles. The summed E-state index contributed by atoms with van der Waals surface area (Å²) < 4.78 is 4.44. The van der Waals surface area contributed by atoms with Crippen molar-refractivity contribution in [1.29, 1.82) is 0 Å². The molecule has 0 aliphatic rings. The average molecular weight is 278 g/mol. The lowest BCUT2D eigenvalue weighted by atomic mass is 10.2. The second kappa shape index (κ2) is 6.00. The van der Waals surface area contributed by atoms with Crippen LogP contribution < -0.4 is 0 Å². The number of esters is 1. The van der Waals surface area contributed by atoms with Crippen LogP contribution in [0.25, 0.3) is 0 Å². The summed E-state index contributed by atoms with van der Waals surface area (Å²) in [6.45, 7) is 0. The fourth-order valence-corrected chi connectivity index (χ4v) is 1.58. The summed E-state index contributed by atoms with van der Waals surface area (Å²) in [5.74, 6) is 4.92. The molecule has 0 radical (unpaired) electrons. The second-order valence-electron chi connectivity index (χ2n) is 2.80. The third-order valence-electron chi connectivity index (χ3n) is 1.68. The fourth-order valence-electron chi connectivity index (χ4n) is 0.931. The first-order valence-corrected chi connectivity index (χ1v) is 5.38. The summed E-state index contributed by atoms with van der Waals surface area (Å²) in [4.78, 5) is 10.8. The Kier molecular flexibility index (Phi) is 4.95. The molecule has 0 saturated heterocycles. The molecule has 0 N–H and O–H groups in total. The molecule has 1 aromatic rings. The zero-order chi connectivity index (χ0) is 12.1. The Morgan fingerprint density at radius 2 is 2.06 bits per heavy atom. The van der Waals surface area contributed by atoms with Crippen molar-refractivity contribution in [3.05, 3.63) is 32.8 Å². The van der Waals surface area contributed by atoms with Crippen molar-refractivity contribution in [2.45, 2.75) is 6.42 Å². The van der Waals surface area contributed by atoms with Gasteiger partial charge in [-0.1, -0.05) is 46.6 Å². The van der Waals surface area contributed by atoms with Crippen molar-refractivity contribution in [2.24, 2.45) is 0 Å². The van der Waals surface area contributed by atoms with Crippen LogP contribution in [-0.4, -0.2) is 13.1 Å². The molecular weight excluding hydrogens is 270 g/mol. The van der Waals surface area contributed by atoms with Crippen molar-refractivity contribution in [1.82, 2.24) is 0 Å². The van der Waals surface area contributed by atoms with Gasteiger partial charge in [-0.25, -0.2) is 0 Å². The highest BCUT2D eigenvalue weighted by Crippen LogP contribution is 2.29. The van der Waals surface area contributed by atoms with Gasteiger partial charge >= 0.3 is 5.97 Å². The molecule has 0 unspecified atom stereocenters. The molecular formula is C11H7Cl3O2. The highest BCUT2D eigenvalue weighted by molar-refractivity contribution is 6.43. The summed E-state index contributed by atoms with van der Waals surface area (Å²) >= 11 is 17.5. The molecule has 1 aromatic carbocycles. The molecule has 0 bridgehead atoms. The number of halogens is 3. The van der Waals surface area contributed by atoms with E-state index >= 15 is 0 Å². The summed E-state index contributed by atoms with van der Waals surface area (Å²) in [7, 11) is 1.30. The number of hydrogen-bond acceptors (Lipinski definition) is 2. The average Bonchev–Trinajstić information content (AvgIpc) is 2.24. The lowest BCUT2D eigenvalue weighted by molar-refractivity contribution is -0.139. The number of rotatable bonds is 1. The Balaban J connectivity index is 2.92. The summed E-state index contributed by atoms with van der Waals surface area (Å²) in [6, 6.07) is 3.11. The molecule has 1 rings (SSSR count). The van der Waals surface area contributed by atoms with Gasteiger partial charge in [0.1, 0.15) is 6.42 Å². The van der Waals surface area contributed by atoms with E-state index in [4.69, 9.17) is 34.8 Å². The van der Waals surface area contributed by atoms with Crippen LogP contribution in [0.4, 0.5) is 0 Å². The first-order valence-electron chi connectivity index (χ1n) is 4.25. The maximum atomic E-state index is 10.8. The quantitative estimate of drug-likeness (QED) is 0.446. The highest BCUT2D eigenvalue weighted by Gasteiger charge is 2.04. The van der Waals surface area contributed by atoms with Crippen LogP contribution in [0.15, 0.2) is 12.1 Å². The van der Waals surface area contributed by atoms with E-state index in [1.165, 1.54) is 13.2 Å². The molecule has 5 heteroatoms. The van der Waals surface area contributed by atoms with Crippen molar-refractivity contribution in [3.8, 4) is 11.8 Å². The smallest absolute Gasteiger partial charge is 0.317 e. The van der Waals surface area contributed by atoms with E-state index in [-0.39, 0.29) is 6.42 Å². The van der Waals surface area contributed by atoms with Gasteiger partial charge in [-0.05, 0) is 12.1 Å². The molecule has 0 aliphatic carbocycles. The minimum absolute atomic E-state index is 0.00301. The fraction of sp³-hybridized carbons (Fsp3) is 0.182. The van der Waals surface area contributed by atoms with Crippen LogP contribution in [0.5, 0.6) is 0 Å².